The van der Waals surface area contributed by atoms with Crippen molar-refractivity contribution in [3.8, 4) is 0 Å². The van der Waals surface area contributed by atoms with Gasteiger partial charge in [-0.1, -0.05) is 0 Å². The average molecular weight is 174 g/mol. The third-order valence-corrected chi connectivity index (χ3v) is 0.553. The molecular weight excluding hydrogens is 167 g/mol. The number of carboxylic acids is 2. The molecule has 0 atom stereocenters. The van der Waals surface area contributed by atoms with Crippen molar-refractivity contribution in [1.82, 2.24) is 0 Å². The molecule has 6 heteroatoms. The van der Waals surface area contributed by atoms with E-state index in [1.807, 2.05) is 0 Å². The second-order valence-corrected chi connectivity index (χ2v) is 1.29. The molecule has 0 aliphatic carbocycles. The van der Waals surface area contributed by atoms with Gasteiger partial charge >= 0.3 is 41.5 Å². The first-order valence-electron chi connectivity index (χ1n) is 2.06. The second-order valence-electron chi connectivity index (χ2n) is 1.29. The van der Waals surface area contributed by atoms with Crippen LogP contribution >= 0.6 is 0 Å². The Morgan fingerprint density at radius 3 is 1.30 bits per heavy atom. The van der Waals surface area contributed by atoms with Crippen LogP contribution in [0.3, 0.4) is 0 Å². The standard InChI is InChI=1S/C4H6O4.Na.H2S/c5-3(6)1-2-4(7)8;;/h1-2H2,(H,5,6)(H,7,8);;1H2/q;+1;/p-1. The summed E-state index contributed by atoms with van der Waals surface area (Å²) in [7, 11) is 0. The van der Waals surface area contributed by atoms with Crippen LogP contribution in [0.4, 0.5) is 0 Å². The molecule has 0 bridgehead atoms. The summed E-state index contributed by atoms with van der Waals surface area (Å²) in [5.74, 6) is -2.15. The number of rotatable bonds is 3. The van der Waals surface area contributed by atoms with E-state index in [2.05, 4.69) is 0 Å². The van der Waals surface area contributed by atoms with Gasteiger partial charge in [0.15, 0.2) is 0 Å². The molecule has 2 N–H and O–H groups in total. The van der Waals surface area contributed by atoms with E-state index in [1.54, 1.807) is 0 Å². The number of hydrogen-bond donors (Lipinski definition) is 2. The van der Waals surface area contributed by atoms with Crippen molar-refractivity contribution in [2.75, 3.05) is 0 Å². The molecule has 0 amide bonds. The SMILES string of the molecule is O=C(O)CCC(=O)O.[Na+].[SH-]. The summed E-state index contributed by atoms with van der Waals surface area (Å²) in [4.78, 5) is 19.3. The van der Waals surface area contributed by atoms with Crippen molar-refractivity contribution >= 4 is 25.4 Å². The quantitative estimate of drug-likeness (QED) is 0.266. The van der Waals surface area contributed by atoms with Crippen molar-refractivity contribution in [1.29, 1.82) is 0 Å². The molecule has 0 spiro atoms. The van der Waals surface area contributed by atoms with Gasteiger partial charge in [0, 0.05) is 0 Å². The molecule has 0 aromatic carbocycles. The molecule has 4 nitrogen and oxygen atoms in total. The van der Waals surface area contributed by atoms with E-state index in [9.17, 15) is 9.59 Å². The summed E-state index contributed by atoms with van der Waals surface area (Å²) in [5, 5.41) is 15.8. The first-order valence-corrected chi connectivity index (χ1v) is 2.06. The molecule has 0 fully saturated rings. The summed E-state index contributed by atoms with van der Waals surface area (Å²) in [6, 6.07) is 0. The predicted octanol–water partition coefficient (Wildman–Crippen LogP) is -3.33. The van der Waals surface area contributed by atoms with Crippen LogP contribution in [0.15, 0.2) is 0 Å². The Morgan fingerprint density at radius 2 is 1.20 bits per heavy atom. The van der Waals surface area contributed by atoms with Crippen LogP contribution in [-0.4, -0.2) is 22.2 Å². The van der Waals surface area contributed by atoms with Crippen molar-refractivity contribution in [2.45, 2.75) is 12.8 Å². The molecule has 0 rings (SSSR count). The maximum absolute atomic E-state index is 9.64. The van der Waals surface area contributed by atoms with Crippen molar-refractivity contribution in [3.05, 3.63) is 0 Å². The first-order chi connectivity index (χ1) is 3.63. The molecule has 0 heterocycles. The molecule has 54 valence electrons. The van der Waals surface area contributed by atoms with E-state index in [-0.39, 0.29) is 55.9 Å². The maximum Gasteiger partial charge on any atom is 1.00 e. The summed E-state index contributed by atoms with van der Waals surface area (Å²) in [6.07, 6.45) is -0.593. The molecule has 10 heavy (non-hydrogen) atoms. The summed E-state index contributed by atoms with van der Waals surface area (Å²) in [6.45, 7) is 0. The van der Waals surface area contributed by atoms with Crippen LogP contribution in [0.1, 0.15) is 12.8 Å². The van der Waals surface area contributed by atoms with Gasteiger partial charge in [-0.25, -0.2) is 0 Å². The Labute approximate surface area is 87.4 Å². The van der Waals surface area contributed by atoms with Crippen molar-refractivity contribution in [3.63, 3.8) is 0 Å². The zero-order valence-electron chi connectivity index (χ0n) is 5.57. The van der Waals surface area contributed by atoms with Crippen LogP contribution < -0.4 is 29.6 Å². The molecule has 0 aliphatic heterocycles. The Hall–Kier alpha value is 0.290. The van der Waals surface area contributed by atoms with E-state index in [0.29, 0.717) is 0 Å². The fourth-order valence-electron chi connectivity index (χ4n) is 0.214. The van der Waals surface area contributed by atoms with Crippen LogP contribution in [0.25, 0.3) is 0 Å². The van der Waals surface area contributed by atoms with Crippen LogP contribution in [0, 0.1) is 0 Å². The minimum atomic E-state index is -1.08. The van der Waals surface area contributed by atoms with E-state index >= 15 is 0 Å². The number of aliphatic carboxylic acids is 2. The molecule has 0 unspecified atom stereocenters. The average Bonchev–Trinajstić information content (AvgIpc) is 1.61. The van der Waals surface area contributed by atoms with E-state index < -0.39 is 11.9 Å². The fourth-order valence-corrected chi connectivity index (χ4v) is 0.214. The third-order valence-electron chi connectivity index (χ3n) is 0.553. The Morgan fingerprint density at radius 1 is 1.00 bits per heavy atom. The third kappa shape index (κ3) is 15.7. The normalized spacial score (nSPS) is 6.80. The maximum atomic E-state index is 9.64. The van der Waals surface area contributed by atoms with Gasteiger partial charge in [-0.05, 0) is 0 Å². The van der Waals surface area contributed by atoms with E-state index in [0.717, 1.165) is 0 Å². The zero-order valence-corrected chi connectivity index (χ0v) is 8.47. The van der Waals surface area contributed by atoms with Gasteiger partial charge in [0.1, 0.15) is 0 Å². The fraction of sp³-hybridized carbons (Fsp3) is 0.500. The molecule has 0 aromatic rings. The topological polar surface area (TPSA) is 74.6 Å². The monoisotopic (exact) mass is 174 g/mol. The molecular formula is C4H7NaO4S. The van der Waals surface area contributed by atoms with Crippen molar-refractivity contribution in [2.24, 2.45) is 0 Å². The first kappa shape index (κ1) is 16.7. The number of carboxylic acid groups (broad SMARTS) is 2. The Kier molecular flexibility index (Phi) is 15.5. The van der Waals surface area contributed by atoms with Gasteiger partial charge in [0.05, 0.1) is 12.8 Å². The summed E-state index contributed by atoms with van der Waals surface area (Å²) in [5.41, 5.74) is 0. The van der Waals surface area contributed by atoms with Crippen LogP contribution in [0.5, 0.6) is 0 Å². The van der Waals surface area contributed by atoms with Gasteiger partial charge in [-0.2, -0.15) is 0 Å². The summed E-state index contributed by atoms with van der Waals surface area (Å²) < 4.78 is 0. The molecule has 0 saturated heterocycles. The van der Waals surface area contributed by atoms with Gasteiger partial charge in [0.25, 0.3) is 0 Å². The largest absolute Gasteiger partial charge is 1.00 e. The van der Waals surface area contributed by atoms with Crippen molar-refractivity contribution < 1.29 is 49.4 Å². The zero-order chi connectivity index (χ0) is 6.57. The van der Waals surface area contributed by atoms with Gasteiger partial charge in [-0.3, -0.25) is 9.59 Å². The Bertz CT molecular complexity index is 102. The van der Waals surface area contributed by atoms with Crippen LogP contribution in [0.2, 0.25) is 0 Å². The number of hydrogen-bond acceptors (Lipinski definition) is 3. The smallest absolute Gasteiger partial charge is 0.813 e. The molecule has 0 aromatic heterocycles. The van der Waals surface area contributed by atoms with Crippen LogP contribution in [-0.2, 0) is 23.1 Å². The van der Waals surface area contributed by atoms with Gasteiger partial charge < -0.3 is 23.7 Å². The molecule has 0 radical (unpaired) electrons. The Balaban J connectivity index is -0.000000245. The molecule has 0 saturated carbocycles. The van der Waals surface area contributed by atoms with Gasteiger partial charge in [-0.15, -0.1) is 0 Å². The second kappa shape index (κ2) is 9.29. The molecule has 0 aliphatic rings. The summed E-state index contributed by atoms with van der Waals surface area (Å²) >= 11 is 0. The minimum Gasteiger partial charge on any atom is -0.813 e. The minimum absolute atomic E-state index is 0. The van der Waals surface area contributed by atoms with E-state index in [1.165, 1.54) is 0 Å². The van der Waals surface area contributed by atoms with Gasteiger partial charge in [0.2, 0.25) is 0 Å². The predicted molar refractivity (Wildman–Crippen MR) is 33.3 cm³/mol. The number of thiol groups is 1. The van der Waals surface area contributed by atoms with E-state index in [4.69, 9.17) is 10.2 Å². The number of carbonyl (C=O) groups is 2.